The summed E-state index contributed by atoms with van der Waals surface area (Å²) in [6, 6.07) is 12.8. The SMILES string of the molecule is COc1ccc(C[NH+]2CCN(C(=O)[C@@H](NC(=O)c3ccc(F)cc3)C(C)C)CC2)cc1. The summed E-state index contributed by atoms with van der Waals surface area (Å²) in [6.45, 7) is 7.75. The van der Waals surface area contributed by atoms with E-state index >= 15 is 0 Å². The lowest BCUT2D eigenvalue weighted by Crippen LogP contribution is -3.13. The number of ether oxygens (including phenoxy) is 1. The summed E-state index contributed by atoms with van der Waals surface area (Å²) in [5.41, 5.74) is 1.58. The van der Waals surface area contributed by atoms with Gasteiger partial charge in [-0.1, -0.05) is 13.8 Å². The molecule has 1 aliphatic heterocycles. The molecule has 2 N–H and O–H groups in total. The normalized spacial score (nSPS) is 15.6. The van der Waals surface area contributed by atoms with Crippen LogP contribution < -0.4 is 15.0 Å². The van der Waals surface area contributed by atoms with Crippen molar-refractivity contribution in [3.63, 3.8) is 0 Å². The van der Waals surface area contributed by atoms with Crippen LogP contribution in [0.5, 0.6) is 5.75 Å². The average Bonchev–Trinajstić information content (AvgIpc) is 2.78. The Kier molecular flexibility index (Phi) is 7.63. The van der Waals surface area contributed by atoms with Gasteiger partial charge in [0, 0.05) is 11.1 Å². The van der Waals surface area contributed by atoms with Crippen molar-refractivity contribution in [1.29, 1.82) is 0 Å². The van der Waals surface area contributed by atoms with Crippen molar-refractivity contribution >= 4 is 11.8 Å². The number of piperazine rings is 1. The van der Waals surface area contributed by atoms with Crippen LogP contribution in [-0.2, 0) is 11.3 Å². The van der Waals surface area contributed by atoms with Gasteiger partial charge in [-0.15, -0.1) is 0 Å². The molecule has 0 radical (unpaired) electrons. The molecule has 0 bridgehead atoms. The fourth-order valence-corrected chi connectivity index (χ4v) is 3.79. The number of carbonyl (C=O) groups is 2. The van der Waals surface area contributed by atoms with Crippen LogP contribution in [0, 0.1) is 11.7 Å². The molecular weight excluding hydrogens is 397 g/mol. The van der Waals surface area contributed by atoms with E-state index in [2.05, 4.69) is 17.4 Å². The van der Waals surface area contributed by atoms with Crippen LogP contribution in [-0.4, -0.2) is 56.0 Å². The summed E-state index contributed by atoms with van der Waals surface area (Å²) in [7, 11) is 1.66. The van der Waals surface area contributed by atoms with Crippen molar-refractivity contribution in [1.82, 2.24) is 10.2 Å². The predicted octanol–water partition coefficient (Wildman–Crippen LogP) is 1.52. The standard InChI is InChI=1S/C24H30FN3O3/c1-17(2)22(26-23(29)19-6-8-20(25)9-7-19)24(30)28-14-12-27(13-15-28)16-18-4-10-21(31-3)11-5-18/h4-11,17,22H,12-16H2,1-3H3,(H,26,29)/p+1/t22-/m0/s1. The van der Waals surface area contributed by atoms with Crippen molar-refractivity contribution < 1.29 is 23.6 Å². The minimum Gasteiger partial charge on any atom is -0.497 e. The molecule has 7 heteroatoms. The maximum Gasteiger partial charge on any atom is 0.251 e. The summed E-state index contributed by atoms with van der Waals surface area (Å²) in [5, 5.41) is 2.84. The Bertz CT molecular complexity index is 876. The second-order valence-corrected chi connectivity index (χ2v) is 8.30. The number of benzene rings is 2. The van der Waals surface area contributed by atoms with Gasteiger partial charge in [-0.3, -0.25) is 9.59 Å². The van der Waals surface area contributed by atoms with E-state index in [9.17, 15) is 14.0 Å². The fourth-order valence-electron chi connectivity index (χ4n) is 3.79. The Morgan fingerprint density at radius 2 is 1.68 bits per heavy atom. The maximum absolute atomic E-state index is 13.1. The van der Waals surface area contributed by atoms with Crippen molar-refractivity contribution in [2.75, 3.05) is 33.3 Å². The van der Waals surface area contributed by atoms with Crippen LogP contribution >= 0.6 is 0 Å². The highest BCUT2D eigenvalue weighted by atomic mass is 19.1. The van der Waals surface area contributed by atoms with Gasteiger partial charge in [0.25, 0.3) is 5.91 Å². The van der Waals surface area contributed by atoms with Crippen molar-refractivity contribution in [3.05, 3.63) is 65.5 Å². The van der Waals surface area contributed by atoms with E-state index in [1.807, 2.05) is 30.9 Å². The van der Waals surface area contributed by atoms with Gasteiger partial charge in [-0.25, -0.2) is 4.39 Å². The van der Waals surface area contributed by atoms with E-state index in [1.165, 1.54) is 34.7 Å². The van der Waals surface area contributed by atoms with Crippen LogP contribution in [0.4, 0.5) is 4.39 Å². The highest BCUT2D eigenvalue weighted by Crippen LogP contribution is 2.12. The Hall–Kier alpha value is -2.93. The number of carbonyl (C=O) groups excluding carboxylic acids is 2. The zero-order chi connectivity index (χ0) is 22.4. The molecule has 1 fully saturated rings. The molecule has 0 saturated carbocycles. The predicted molar refractivity (Wildman–Crippen MR) is 116 cm³/mol. The number of hydrogen-bond acceptors (Lipinski definition) is 3. The van der Waals surface area contributed by atoms with Gasteiger partial charge in [0.1, 0.15) is 24.2 Å². The molecule has 2 aromatic carbocycles. The third kappa shape index (κ3) is 6.04. The molecule has 0 unspecified atom stereocenters. The van der Waals surface area contributed by atoms with E-state index in [1.54, 1.807) is 7.11 Å². The largest absolute Gasteiger partial charge is 0.497 e. The number of nitrogens with one attached hydrogen (secondary N) is 2. The number of quaternary nitrogens is 1. The molecule has 0 aliphatic carbocycles. The Morgan fingerprint density at radius 1 is 1.06 bits per heavy atom. The van der Waals surface area contributed by atoms with Crippen LogP contribution in [0.25, 0.3) is 0 Å². The first-order chi connectivity index (χ1) is 14.9. The molecule has 2 amide bonds. The van der Waals surface area contributed by atoms with Crippen LogP contribution in [0.1, 0.15) is 29.8 Å². The highest BCUT2D eigenvalue weighted by molar-refractivity contribution is 5.97. The molecule has 1 aliphatic rings. The first kappa shape index (κ1) is 22.7. The van der Waals surface area contributed by atoms with Gasteiger partial charge in [-0.2, -0.15) is 0 Å². The lowest BCUT2D eigenvalue weighted by Gasteiger charge is -2.35. The van der Waals surface area contributed by atoms with Gasteiger partial charge in [0.15, 0.2) is 0 Å². The molecule has 1 atom stereocenters. The van der Waals surface area contributed by atoms with Crippen LogP contribution in [0.3, 0.4) is 0 Å². The lowest BCUT2D eigenvalue weighted by atomic mass is 10.0. The Balaban J connectivity index is 1.55. The lowest BCUT2D eigenvalue weighted by molar-refractivity contribution is -0.917. The van der Waals surface area contributed by atoms with Crippen molar-refractivity contribution in [3.8, 4) is 5.75 Å². The van der Waals surface area contributed by atoms with E-state index in [-0.39, 0.29) is 17.7 Å². The van der Waals surface area contributed by atoms with Gasteiger partial charge >= 0.3 is 0 Å². The second-order valence-electron chi connectivity index (χ2n) is 8.30. The van der Waals surface area contributed by atoms with Crippen LogP contribution in [0.2, 0.25) is 0 Å². The molecule has 2 aromatic rings. The zero-order valence-corrected chi connectivity index (χ0v) is 18.4. The fraction of sp³-hybridized carbons (Fsp3) is 0.417. The molecule has 3 rings (SSSR count). The quantitative estimate of drug-likeness (QED) is 0.703. The minimum atomic E-state index is -0.610. The van der Waals surface area contributed by atoms with E-state index in [0.29, 0.717) is 18.7 Å². The molecule has 6 nitrogen and oxygen atoms in total. The smallest absolute Gasteiger partial charge is 0.251 e. The second kappa shape index (κ2) is 10.4. The number of hydrogen-bond donors (Lipinski definition) is 2. The number of halogens is 1. The van der Waals surface area contributed by atoms with Gasteiger partial charge in [0.05, 0.1) is 33.3 Å². The zero-order valence-electron chi connectivity index (χ0n) is 18.4. The van der Waals surface area contributed by atoms with Gasteiger partial charge in [-0.05, 0) is 54.4 Å². The summed E-state index contributed by atoms with van der Waals surface area (Å²) < 4.78 is 18.3. The molecule has 166 valence electrons. The van der Waals surface area contributed by atoms with Gasteiger partial charge in [0.2, 0.25) is 5.91 Å². The number of amides is 2. The number of nitrogens with zero attached hydrogens (tertiary/aromatic N) is 1. The van der Waals surface area contributed by atoms with Gasteiger partial charge < -0.3 is 19.9 Å². The molecular formula is C24H31FN3O3+. The highest BCUT2D eigenvalue weighted by Gasteiger charge is 2.32. The summed E-state index contributed by atoms with van der Waals surface area (Å²) >= 11 is 0. The minimum absolute atomic E-state index is 0.0541. The third-order valence-corrected chi connectivity index (χ3v) is 5.72. The topological polar surface area (TPSA) is 63.1 Å². The first-order valence-corrected chi connectivity index (χ1v) is 10.7. The first-order valence-electron chi connectivity index (χ1n) is 10.7. The molecule has 1 heterocycles. The van der Waals surface area contributed by atoms with Crippen LogP contribution in [0.15, 0.2) is 48.5 Å². The molecule has 1 saturated heterocycles. The van der Waals surface area contributed by atoms with Crippen molar-refractivity contribution in [2.45, 2.75) is 26.4 Å². The number of methoxy groups -OCH3 is 1. The molecule has 0 spiro atoms. The van der Waals surface area contributed by atoms with Crippen molar-refractivity contribution in [2.24, 2.45) is 5.92 Å². The molecule has 0 aromatic heterocycles. The summed E-state index contributed by atoms with van der Waals surface area (Å²) in [5.74, 6) is -0.0361. The Morgan fingerprint density at radius 3 is 2.23 bits per heavy atom. The van der Waals surface area contributed by atoms with E-state index in [0.717, 1.165) is 25.4 Å². The average molecular weight is 429 g/mol. The van der Waals surface area contributed by atoms with E-state index < -0.39 is 11.9 Å². The number of rotatable bonds is 7. The summed E-state index contributed by atoms with van der Waals surface area (Å²) in [6.07, 6.45) is 0. The third-order valence-electron chi connectivity index (χ3n) is 5.72. The maximum atomic E-state index is 13.1. The summed E-state index contributed by atoms with van der Waals surface area (Å²) in [4.78, 5) is 28.9. The Labute approximate surface area is 183 Å². The monoisotopic (exact) mass is 428 g/mol. The van der Waals surface area contributed by atoms with E-state index in [4.69, 9.17) is 4.74 Å². The molecule has 31 heavy (non-hydrogen) atoms.